The van der Waals surface area contributed by atoms with Gasteiger partial charge in [0.05, 0.1) is 18.8 Å². The first kappa shape index (κ1) is 16.9. The molecule has 20 heavy (non-hydrogen) atoms. The summed E-state index contributed by atoms with van der Waals surface area (Å²) in [5.74, 6) is -0.316. The topological polar surface area (TPSA) is 73.9 Å². The van der Waals surface area contributed by atoms with E-state index in [9.17, 15) is 4.79 Å². The van der Waals surface area contributed by atoms with Gasteiger partial charge in [0, 0.05) is 11.6 Å². The highest BCUT2D eigenvalue weighted by Gasteiger charge is 2.34. The number of carbonyl (C=O) groups excluding carboxylic acids is 1. The number of hydrogen-bond acceptors (Lipinski definition) is 5. The predicted octanol–water partition coefficient (Wildman–Crippen LogP) is 1.85. The van der Waals surface area contributed by atoms with Crippen LogP contribution in [0.2, 0.25) is 0 Å². The Kier molecular flexibility index (Phi) is 6.88. The molecule has 0 bridgehead atoms. The normalized spacial score (nSPS) is 26.2. The molecule has 2 N–H and O–H groups in total. The maximum absolute atomic E-state index is 11.9. The zero-order valence-electron chi connectivity index (χ0n) is 12.7. The number of carbonyl (C=O) groups is 1. The lowest BCUT2D eigenvalue weighted by Crippen LogP contribution is -2.47. The Labute approximate surface area is 121 Å². The first-order valence-corrected chi connectivity index (χ1v) is 7.31. The largest absolute Gasteiger partial charge is 0.463 e. The van der Waals surface area contributed by atoms with Crippen LogP contribution in [0.4, 0.5) is 0 Å². The van der Waals surface area contributed by atoms with E-state index < -0.39 is 0 Å². The highest BCUT2D eigenvalue weighted by molar-refractivity contribution is 5.89. The fourth-order valence-corrected chi connectivity index (χ4v) is 2.42. The van der Waals surface area contributed by atoms with E-state index in [1.54, 1.807) is 13.0 Å². The van der Waals surface area contributed by atoms with E-state index >= 15 is 0 Å². The third-order valence-electron chi connectivity index (χ3n) is 3.61. The molecule has 0 fully saturated rings. The van der Waals surface area contributed by atoms with Crippen LogP contribution in [0.15, 0.2) is 16.6 Å². The Hall–Kier alpha value is -1.20. The number of nitrogens with two attached hydrogens (primary N) is 1. The molecule has 3 atom stereocenters. The molecule has 1 aliphatic carbocycles. The lowest BCUT2D eigenvalue weighted by atomic mass is 9.88. The molecule has 0 aromatic carbocycles. The standard InChI is InChI=1S/C15H26N2O3/c1-5-11(6-2)20-13-9-10(15(18)19-7-3)8-12(16)14(13)17-4/h9,11-14H,4-8,16H2,1-3H3/t12-,13?,14?/m0/s1. The van der Waals surface area contributed by atoms with Crippen molar-refractivity contribution in [1.29, 1.82) is 0 Å². The molecular formula is C15H26N2O3. The summed E-state index contributed by atoms with van der Waals surface area (Å²) in [6.45, 7) is 9.88. The van der Waals surface area contributed by atoms with E-state index in [4.69, 9.17) is 15.2 Å². The first-order chi connectivity index (χ1) is 9.57. The third-order valence-corrected chi connectivity index (χ3v) is 3.61. The molecule has 0 radical (unpaired) electrons. The van der Waals surface area contributed by atoms with Crippen LogP contribution in [-0.2, 0) is 14.3 Å². The maximum Gasteiger partial charge on any atom is 0.333 e. The van der Waals surface area contributed by atoms with Crippen molar-refractivity contribution in [2.75, 3.05) is 6.61 Å². The number of rotatable bonds is 7. The molecule has 0 aliphatic heterocycles. The number of ether oxygens (including phenoxy) is 2. The first-order valence-electron chi connectivity index (χ1n) is 7.31. The number of hydrogen-bond donors (Lipinski definition) is 1. The second-order valence-electron chi connectivity index (χ2n) is 4.99. The minimum absolute atomic E-state index is 0.134. The molecule has 1 aliphatic rings. The van der Waals surface area contributed by atoms with Gasteiger partial charge in [-0.2, -0.15) is 0 Å². The molecule has 0 aromatic rings. The van der Waals surface area contributed by atoms with E-state index in [-0.39, 0.29) is 30.3 Å². The number of aliphatic imine (C=N–C) groups is 1. The van der Waals surface area contributed by atoms with Crippen molar-refractivity contribution < 1.29 is 14.3 Å². The molecule has 0 heterocycles. The van der Waals surface area contributed by atoms with E-state index in [1.165, 1.54) is 0 Å². The quantitative estimate of drug-likeness (QED) is 0.571. The van der Waals surface area contributed by atoms with Crippen LogP contribution in [0.25, 0.3) is 0 Å². The molecule has 1 rings (SSSR count). The molecule has 114 valence electrons. The van der Waals surface area contributed by atoms with Crippen molar-refractivity contribution in [3.63, 3.8) is 0 Å². The van der Waals surface area contributed by atoms with Crippen molar-refractivity contribution >= 4 is 12.7 Å². The average Bonchev–Trinajstić information content (AvgIpc) is 2.44. The Balaban J connectivity index is 2.91. The minimum Gasteiger partial charge on any atom is -0.463 e. The molecule has 5 nitrogen and oxygen atoms in total. The van der Waals surface area contributed by atoms with Crippen LogP contribution < -0.4 is 5.73 Å². The van der Waals surface area contributed by atoms with Gasteiger partial charge < -0.3 is 15.2 Å². The molecule has 5 heteroatoms. The minimum atomic E-state index is -0.316. The summed E-state index contributed by atoms with van der Waals surface area (Å²) in [7, 11) is 0. The van der Waals surface area contributed by atoms with Crippen LogP contribution in [0.3, 0.4) is 0 Å². The van der Waals surface area contributed by atoms with E-state index in [1.807, 2.05) is 0 Å². The summed E-state index contributed by atoms with van der Waals surface area (Å²) >= 11 is 0. The van der Waals surface area contributed by atoms with Gasteiger partial charge in [0.2, 0.25) is 0 Å². The summed E-state index contributed by atoms with van der Waals surface area (Å²) in [6.07, 6.45) is 3.91. The van der Waals surface area contributed by atoms with Crippen molar-refractivity contribution in [2.24, 2.45) is 10.7 Å². The highest BCUT2D eigenvalue weighted by atomic mass is 16.5. The van der Waals surface area contributed by atoms with Gasteiger partial charge in [-0.05, 0) is 39.0 Å². The van der Waals surface area contributed by atoms with Crippen LogP contribution in [-0.4, -0.2) is 43.6 Å². The van der Waals surface area contributed by atoms with E-state index in [0.29, 0.717) is 18.6 Å². The summed E-state index contributed by atoms with van der Waals surface area (Å²) in [6, 6.07) is -0.481. The van der Waals surface area contributed by atoms with Crippen LogP contribution in [0.1, 0.15) is 40.0 Å². The fourth-order valence-electron chi connectivity index (χ4n) is 2.42. The molecule has 0 amide bonds. The van der Waals surface area contributed by atoms with Gasteiger partial charge in [-0.3, -0.25) is 4.99 Å². The third kappa shape index (κ3) is 4.15. The SMILES string of the molecule is C=NC1C(OC(CC)CC)C=C(C(=O)OCC)C[C@@H]1N. The van der Waals surface area contributed by atoms with Crippen molar-refractivity contribution in [2.45, 2.75) is 64.3 Å². The van der Waals surface area contributed by atoms with Crippen LogP contribution in [0, 0.1) is 0 Å². The van der Waals surface area contributed by atoms with Crippen molar-refractivity contribution in [1.82, 2.24) is 0 Å². The molecular weight excluding hydrogens is 256 g/mol. The number of nitrogens with zero attached hydrogens (tertiary/aromatic N) is 1. The molecule has 0 saturated heterocycles. The van der Waals surface area contributed by atoms with Gasteiger partial charge in [0.15, 0.2) is 0 Å². The highest BCUT2D eigenvalue weighted by Crippen LogP contribution is 2.25. The maximum atomic E-state index is 11.9. The summed E-state index contributed by atoms with van der Waals surface area (Å²) < 4.78 is 11.1. The lowest BCUT2D eigenvalue weighted by molar-refractivity contribution is -0.139. The van der Waals surface area contributed by atoms with Crippen LogP contribution >= 0.6 is 0 Å². The molecule has 2 unspecified atom stereocenters. The van der Waals surface area contributed by atoms with E-state index in [0.717, 1.165) is 12.8 Å². The van der Waals surface area contributed by atoms with Crippen LogP contribution in [0.5, 0.6) is 0 Å². The van der Waals surface area contributed by atoms with Crippen molar-refractivity contribution in [3.8, 4) is 0 Å². The smallest absolute Gasteiger partial charge is 0.333 e. The Bertz CT molecular complexity index is 364. The number of esters is 1. The predicted molar refractivity (Wildman–Crippen MR) is 79.9 cm³/mol. The fraction of sp³-hybridized carbons (Fsp3) is 0.733. The van der Waals surface area contributed by atoms with E-state index in [2.05, 4.69) is 25.6 Å². The second kappa shape index (κ2) is 8.17. The summed E-state index contributed by atoms with van der Waals surface area (Å²) in [5.41, 5.74) is 6.68. The zero-order chi connectivity index (χ0) is 15.1. The Morgan fingerprint density at radius 1 is 1.50 bits per heavy atom. The summed E-state index contributed by atoms with van der Waals surface area (Å²) in [4.78, 5) is 15.9. The van der Waals surface area contributed by atoms with Gasteiger partial charge in [0.25, 0.3) is 0 Å². The Morgan fingerprint density at radius 2 is 2.15 bits per heavy atom. The van der Waals surface area contributed by atoms with Gasteiger partial charge in [-0.25, -0.2) is 4.79 Å². The van der Waals surface area contributed by atoms with Gasteiger partial charge in [-0.15, -0.1) is 0 Å². The monoisotopic (exact) mass is 282 g/mol. The average molecular weight is 282 g/mol. The molecule has 0 saturated carbocycles. The molecule has 0 spiro atoms. The zero-order valence-corrected chi connectivity index (χ0v) is 12.7. The van der Waals surface area contributed by atoms with Gasteiger partial charge in [0.1, 0.15) is 6.10 Å². The second-order valence-corrected chi connectivity index (χ2v) is 4.99. The van der Waals surface area contributed by atoms with Gasteiger partial charge >= 0.3 is 5.97 Å². The van der Waals surface area contributed by atoms with Gasteiger partial charge in [-0.1, -0.05) is 13.8 Å². The lowest BCUT2D eigenvalue weighted by Gasteiger charge is -2.33. The summed E-state index contributed by atoms with van der Waals surface area (Å²) in [5, 5.41) is 0. The Morgan fingerprint density at radius 3 is 2.65 bits per heavy atom. The molecule has 0 aromatic heterocycles. The van der Waals surface area contributed by atoms with Crippen molar-refractivity contribution in [3.05, 3.63) is 11.6 Å².